The smallest absolute Gasteiger partial charge is 0.263 e. The van der Waals surface area contributed by atoms with E-state index >= 15 is 0 Å². The highest BCUT2D eigenvalue weighted by atomic mass is 32.1. The number of aliphatic hydroxyl groups is 1. The number of nitrogens with one attached hydrogen (secondary N) is 1. The number of hydrogen-bond donors (Lipinski definition) is 2. The summed E-state index contributed by atoms with van der Waals surface area (Å²) in [6.45, 7) is 3.38. The number of rotatable bonds is 5. The van der Waals surface area contributed by atoms with Gasteiger partial charge in [0.25, 0.3) is 5.91 Å². The third kappa shape index (κ3) is 3.81. The normalized spacial score (nSPS) is 12.2. The summed E-state index contributed by atoms with van der Waals surface area (Å²) in [6.07, 6.45) is -1.16. The summed E-state index contributed by atoms with van der Waals surface area (Å²) in [4.78, 5) is 17.1. The predicted octanol–water partition coefficient (Wildman–Crippen LogP) is 3.76. The predicted molar refractivity (Wildman–Crippen MR) is 92.9 cm³/mol. The van der Waals surface area contributed by atoms with Crippen LogP contribution in [0.3, 0.4) is 0 Å². The van der Waals surface area contributed by atoms with Crippen molar-refractivity contribution in [3.05, 3.63) is 63.9 Å². The zero-order valence-corrected chi connectivity index (χ0v) is 14.9. The summed E-state index contributed by atoms with van der Waals surface area (Å²) in [7, 11) is 0. The van der Waals surface area contributed by atoms with E-state index in [-0.39, 0.29) is 12.1 Å². The third-order valence-corrected chi connectivity index (χ3v) is 4.91. The SMILES string of the molecule is Cc1ccc(-c2nc(C)c(C(=O)NCC(O)c3ccc(F)c(F)c3)s2)o1. The first kappa shape index (κ1) is 18.2. The number of carbonyl (C=O) groups is 1. The number of nitrogens with zero attached hydrogens (tertiary/aromatic N) is 1. The van der Waals surface area contributed by atoms with Crippen LogP contribution in [0.15, 0.2) is 34.7 Å². The number of hydrogen-bond acceptors (Lipinski definition) is 5. The van der Waals surface area contributed by atoms with Crippen LogP contribution in [0, 0.1) is 25.5 Å². The third-order valence-electron chi connectivity index (χ3n) is 3.74. The standard InChI is InChI=1S/C18H16F2N2O3S/c1-9-3-6-15(25-9)18-22-10(2)16(26-18)17(24)21-8-14(23)11-4-5-12(19)13(20)7-11/h3-7,14,23H,8H2,1-2H3,(H,21,24). The van der Waals surface area contributed by atoms with Crippen LogP contribution in [0.2, 0.25) is 0 Å². The van der Waals surface area contributed by atoms with Crippen molar-refractivity contribution in [3.8, 4) is 10.8 Å². The van der Waals surface area contributed by atoms with E-state index in [9.17, 15) is 18.7 Å². The van der Waals surface area contributed by atoms with Crippen LogP contribution in [-0.2, 0) is 0 Å². The fourth-order valence-corrected chi connectivity index (χ4v) is 3.31. The van der Waals surface area contributed by atoms with E-state index in [1.165, 1.54) is 17.4 Å². The van der Waals surface area contributed by atoms with Gasteiger partial charge in [0, 0.05) is 6.54 Å². The maximum Gasteiger partial charge on any atom is 0.263 e. The first-order valence-electron chi connectivity index (χ1n) is 7.80. The van der Waals surface area contributed by atoms with E-state index in [0.29, 0.717) is 21.3 Å². The molecule has 0 saturated carbocycles. The van der Waals surface area contributed by atoms with Gasteiger partial charge in [-0.2, -0.15) is 0 Å². The van der Waals surface area contributed by atoms with Gasteiger partial charge in [-0.05, 0) is 43.7 Å². The summed E-state index contributed by atoms with van der Waals surface area (Å²) >= 11 is 1.18. The molecule has 26 heavy (non-hydrogen) atoms. The van der Waals surface area contributed by atoms with Crippen LogP contribution in [0.25, 0.3) is 10.8 Å². The molecule has 8 heteroatoms. The molecular formula is C18H16F2N2O3S. The Balaban J connectivity index is 1.68. The van der Waals surface area contributed by atoms with E-state index in [1.54, 1.807) is 13.0 Å². The van der Waals surface area contributed by atoms with Gasteiger partial charge in [0.1, 0.15) is 10.6 Å². The Morgan fingerprint density at radius 1 is 1.27 bits per heavy atom. The highest BCUT2D eigenvalue weighted by Gasteiger charge is 2.19. The summed E-state index contributed by atoms with van der Waals surface area (Å²) in [5.74, 6) is -1.13. The molecule has 1 atom stereocenters. The van der Waals surface area contributed by atoms with Crippen LogP contribution in [-0.4, -0.2) is 22.5 Å². The second-order valence-electron chi connectivity index (χ2n) is 5.74. The molecule has 1 unspecified atom stereocenters. The molecule has 0 aliphatic heterocycles. The van der Waals surface area contributed by atoms with Crippen molar-refractivity contribution in [1.29, 1.82) is 0 Å². The van der Waals surface area contributed by atoms with Gasteiger partial charge in [-0.15, -0.1) is 11.3 Å². The van der Waals surface area contributed by atoms with E-state index in [0.717, 1.165) is 17.9 Å². The minimum Gasteiger partial charge on any atom is -0.459 e. The van der Waals surface area contributed by atoms with Gasteiger partial charge in [0.2, 0.25) is 0 Å². The maximum absolute atomic E-state index is 13.2. The van der Waals surface area contributed by atoms with Gasteiger partial charge in [-0.1, -0.05) is 6.07 Å². The molecule has 0 fully saturated rings. The molecule has 136 valence electrons. The first-order chi connectivity index (χ1) is 12.3. The number of furan rings is 1. The van der Waals surface area contributed by atoms with Gasteiger partial charge >= 0.3 is 0 Å². The van der Waals surface area contributed by atoms with E-state index in [1.807, 2.05) is 13.0 Å². The molecule has 2 aromatic heterocycles. The lowest BCUT2D eigenvalue weighted by molar-refractivity contribution is 0.0919. The molecule has 1 aromatic carbocycles. The highest BCUT2D eigenvalue weighted by Crippen LogP contribution is 2.29. The molecule has 0 spiro atoms. The molecule has 2 N–H and O–H groups in total. The number of aryl methyl sites for hydroxylation is 2. The Labute approximate surface area is 152 Å². The summed E-state index contributed by atoms with van der Waals surface area (Å²) in [5.41, 5.74) is 0.718. The number of aromatic nitrogens is 1. The summed E-state index contributed by atoms with van der Waals surface area (Å²) in [5, 5.41) is 13.2. The molecule has 0 saturated heterocycles. The largest absolute Gasteiger partial charge is 0.459 e. The van der Waals surface area contributed by atoms with Crippen LogP contribution in [0.4, 0.5) is 8.78 Å². The molecule has 5 nitrogen and oxygen atoms in total. The van der Waals surface area contributed by atoms with Gasteiger partial charge in [0.15, 0.2) is 22.4 Å². The molecule has 0 bridgehead atoms. The molecule has 0 aliphatic rings. The van der Waals surface area contributed by atoms with Crippen LogP contribution >= 0.6 is 11.3 Å². The quantitative estimate of drug-likeness (QED) is 0.709. The maximum atomic E-state index is 13.2. The minimum atomic E-state index is -1.16. The van der Waals surface area contributed by atoms with Crippen LogP contribution < -0.4 is 5.32 Å². The van der Waals surface area contributed by atoms with Crippen LogP contribution in [0.1, 0.15) is 32.8 Å². The summed E-state index contributed by atoms with van der Waals surface area (Å²) in [6, 6.07) is 6.69. The average Bonchev–Trinajstić information content (AvgIpc) is 3.20. The molecule has 3 rings (SSSR count). The van der Waals surface area contributed by atoms with Crippen molar-refractivity contribution in [2.75, 3.05) is 6.54 Å². The lowest BCUT2D eigenvalue weighted by Gasteiger charge is -2.12. The second-order valence-corrected chi connectivity index (χ2v) is 6.74. The van der Waals surface area contributed by atoms with Crippen molar-refractivity contribution in [1.82, 2.24) is 10.3 Å². The van der Waals surface area contributed by atoms with Crippen LogP contribution in [0.5, 0.6) is 0 Å². The van der Waals surface area contributed by atoms with Crippen molar-refractivity contribution < 1.29 is 23.1 Å². The molecule has 0 aliphatic carbocycles. The Morgan fingerprint density at radius 3 is 2.69 bits per heavy atom. The fourth-order valence-electron chi connectivity index (χ4n) is 2.37. The molecule has 1 amide bonds. The van der Waals surface area contributed by atoms with Crippen molar-refractivity contribution in [2.45, 2.75) is 20.0 Å². The molecular weight excluding hydrogens is 362 g/mol. The second kappa shape index (κ2) is 7.35. The zero-order chi connectivity index (χ0) is 18.8. The Hall–Kier alpha value is -2.58. The van der Waals surface area contributed by atoms with Gasteiger partial charge < -0.3 is 14.8 Å². The summed E-state index contributed by atoms with van der Waals surface area (Å²) < 4.78 is 31.7. The minimum absolute atomic E-state index is 0.142. The van der Waals surface area contributed by atoms with Gasteiger partial charge in [-0.3, -0.25) is 4.79 Å². The molecule has 2 heterocycles. The number of aliphatic hydroxyl groups excluding tert-OH is 1. The van der Waals surface area contributed by atoms with E-state index in [4.69, 9.17) is 4.42 Å². The Bertz CT molecular complexity index is 952. The number of amides is 1. The lowest BCUT2D eigenvalue weighted by atomic mass is 10.1. The van der Waals surface area contributed by atoms with Gasteiger partial charge in [0.05, 0.1) is 11.8 Å². The van der Waals surface area contributed by atoms with Crippen molar-refractivity contribution >= 4 is 17.2 Å². The highest BCUT2D eigenvalue weighted by molar-refractivity contribution is 7.17. The first-order valence-corrected chi connectivity index (χ1v) is 8.62. The number of carbonyl (C=O) groups excluding carboxylic acids is 1. The number of thiazole rings is 1. The fraction of sp³-hybridized carbons (Fsp3) is 0.222. The van der Waals surface area contributed by atoms with E-state index < -0.39 is 23.6 Å². The van der Waals surface area contributed by atoms with Crippen molar-refractivity contribution in [2.24, 2.45) is 0 Å². The Morgan fingerprint density at radius 2 is 2.04 bits per heavy atom. The Kier molecular flexibility index (Phi) is 5.15. The average molecular weight is 378 g/mol. The number of benzene rings is 1. The topological polar surface area (TPSA) is 75.4 Å². The zero-order valence-electron chi connectivity index (χ0n) is 14.0. The molecule has 0 radical (unpaired) electrons. The molecule has 3 aromatic rings. The monoisotopic (exact) mass is 378 g/mol. The lowest BCUT2D eigenvalue weighted by Crippen LogP contribution is -2.28. The van der Waals surface area contributed by atoms with Crippen molar-refractivity contribution in [3.63, 3.8) is 0 Å². The number of halogens is 2. The van der Waals surface area contributed by atoms with Gasteiger partial charge in [-0.25, -0.2) is 13.8 Å². The van der Waals surface area contributed by atoms with E-state index in [2.05, 4.69) is 10.3 Å².